The maximum Gasteiger partial charge on any atom is 0.255 e. The molecule has 1 unspecified atom stereocenters. The Labute approximate surface area is 227 Å². The van der Waals surface area contributed by atoms with E-state index in [9.17, 15) is 9.59 Å². The lowest BCUT2D eigenvalue weighted by Gasteiger charge is -2.22. The minimum Gasteiger partial charge on any atom is -0.365 e. The molecule has 2 amide bonds. The summed E-state index contributed by atoms with van der Waals surface area (Å²) in [6, 6.07) is 18.1. The average Bonchev–Trinajstić information content (AvgIpc) is 3.51. The van der Waals surface area contributed by atoms with Gasteiger partial charge in [-0.3, -0.25) is 9.59 Å². The van der Waals surface area contributed by atoms with Crippen molar-refractivity contribution in [2.75, 3.05) is 17.2 Å². The van der Waals surface area contributed by atoms with E-state index in [-0.39, 0.29) is 11.8 Å². The number of benzene rings is 3. The molecule has 0 bridgehead atoms. The first kappa shape index (κ1) is 25.3. The van der Waals surface area contributed by atoms with Gasteiger partial charge in [-0.2, -0.15) is 0 Å². The van der Waals surface area contributed by atoms with E-state index in [4.69, 9.17) is 16.3 Å². The van der Waals surface area contributed by atoms with Gasteiger partial charge in [-0.1, -0.05) is 33.6 Å². The van der Waals surface area contributed by atoms with Crippen LogP contribution < -0.4 is 16.0 Å². The summed E-state index contributed by atoms with van der Waals surface area (Å²) in [4.78, 5) is 33.0. The zero-order valence-corrected chi connectivity index (χ0v) is 22.4. The third-order valence-electron chi connectivity index (χ3n) is 6.28. The second-order valence-electron chi connectivity index (χ2n) is 9.08. The molecule has 0 radical (unpaired) electrons. The van der Waals surface area contributed by atoms with Gasteiger partial charge in [0.05, 0.1) is 21.7 Å². The normalized spacial score (nSPS) is 17.1. The number of H-pyrrole nitrogens is 1. The number of nitrogens with one attached hydrogen (secondary N) is 4. The van der Waals surface area contributed by atoms with E-state index in [0.717, 1.165) is 16.5 Å². The molecule has 8 nitrogen and oxygen atoms in total. The fourth-order valence-electron chi connectivity index (χ4n) is 4.18. The summed E-state index contributed by atoms with van der Waals surface area (Å²) in [5.74, 6) is 0.144. The zero-order valence-electron chi connectivity index (χ0n) is 20.0. The molecule has 3 aromatic carbocycles. The Kier molecular flexibility index (Phi) is 7.19. The lowest BCUT2D eigenvalue weighted by molar-refractivity contribution is -0.139. The fourth-order valence-corrected chi connectivity index (χ4v) is 4.61. The zero-order chi connectivity index (χ0) is 26.0. The second kappa shape index (κ2) is 10.5. The van der Waals surface area contributed by atoms with Crippen LogP contribution >= 0.6 is 27.5 Å². The SMILES string of the molecule is CC1(C(=O)NCc2ccc(Cl)c(Nc3nc4ccc(C(=O)Nc5ccc(Br)cc5)cc4[nH]3)c2)CCCO1. The van der Waals surface area contributed by atoms with Crippen LogP contribution in [-0.2, 0) is 16.1 Å². The molecule has 1 saturated heterocycles. The van der Waals surface area contributed by atoms with Crippen molar-refractivity contribution in [3.8, 4) is 0 Å². The highest BCUT2D eigenvalue weighted by Crippen LogP contribution is 2.28. The van der Waals surface area contributed by atoms with Crippen LogP contribution in [0.25, 0.3) is 11.0 Å². The minimum absolute atomic E-state index is 0.119. The first-order valence-electron chi connectivity index (χ1n) is 11.8. The molecular weight excluding hydrogens is 558 g/mol. The van der Waals surface area contributed by atoms with E-state index in [1.54, 1.807) is 24.3 Å². The quantitative estimate of drug-likeness (QED) is 0.209. The lowest BCUT2D eigenvalue weighted by Crippen LogP contribution is -2.43. The number of rotatable bonds is 7. The number of nitrogens with zero attached hydrogens (tertiary/aromatic N) is 1. The summed E-state index contributed by atoms with van der Waals surface area (Å²) >= 11 is 9.81. The molecule has 0 aliphatic carbocycles. The van der Waals surface area contributed by atoms with Crippen LogP contribution in [0.3, 0.4) is 0 Å². The van der Waals surface area contributed by atoms with Gasteiger partial charge in [-0.25, -0.2) is 4.98 Å². The number of imidazole rings is 1. The van der Waals surface area contributed by atoms with Crippen LogP contribution in [0, 0.1) is 0 Å². The number of halogens is 2. The lowest BCUT2D eigenvalue weighted by atomic mass is 10.0. The summed E-state index contributed by atoms with van der Waals surface area (Å²) in [6.07, 6.45) is 1.60. The average molecular weight is 583 g/mol. The molecule has 37 heavy (non-hydrogen) atoms. The van der Waals surface area contributed by atoms with Gasteiger partial charge in [0.25, 0.3) is 11.8 Å². The van der Waals surface area contributed by atoms with Gasteiger partial charge in [0, 0.05) is 28.9 Å². The maximum atomic E-state index is 12.7. The highest BCUT2D eigenvalue weighted by atomic mass is 79.9. The van der Waals surface area contributed by atoms with Crippen molar-refractivity contribution in [1.29, 1.82) is 0 Å². The van der Waals surface area contributed by atoms with Gasteiger partial charge in [-0.15, -0.1) is 0 Å². The third kappa shape index (κ3) is 5.79. The molecule has 1 atom stereocenters. The first-order valence-corrected chi connectivity index (χ1v) is 13.0. The number of carbonyl (C=O) groups excluding carboxylic acids is 2. The first-order chi connectivity index (χ1) is 17.8. The van der Waals surface area contributed by atoms with Gasteiger partial charge in [0.2, 0.25) is 5.95 Å². The standard InChI is InChI=1S/C27H25BrClN5O3/c1-27(11-2-12-37-27)25(36)30-15-16-3-9-20(29)22(13-16)33-26-32-21-10-4-17(14-23(21)34-26)24(35)31-19-7-5-18(28)6-8-19/h3-10,13-14H,2,11-12,15H2,1H3,(H,30,36)(H,31,35)(H2,32,33,34). The highest BCUT2D eigenvalue weighted by Gasteiger charge is 2.37. The van der Waals surface area contributed by atoms with E-state index >= 15 is 0 Å². The number of carbonyl (C=O) groups is 2. The molecule has 10 heteroatoms. The van der Waals surface area contributed by atoms with Crippen LogP contribution in [0.4, 0.5) is 17.3 Å². The summed E-state index contributed by atoms with van der Waals surface area (Å²) in [6.45, 7) is 2.77. The second-order valence-corrected chi connectivity index (χ2v) is 10.4. The Bertz CT molecular complexity index is 1460. The Morgan fingerprint density at radius 1 is 1.14 bits per heavy atom. The summed E-state index contributed by atoms with van der Waals surface area (Å²) in [5.41, 5.74) is 3.36. The maximum absolute atomic E-state index is 12.7. The molecule has 1 aliphatic heterocycles. The van der Waals surface area contributed by atoms with E-state index in [1.807, 2.05) is 43.3 Å². The third-order valence-corrected chi connectivity index (χ3v) is 7.14. The van der Waals surface area contributed by atoms with Crippen molar-refractivity contribution in [1.82, 2.24) is 15.3 Å². The van der Waals surface area contributed by atoms with Gasteiger partial charge in [0.15, 0.2) is 0 Å². The van der Waals surface area contributed by atoms with Crippen LogP contribution in [0.15, 0.2) is 65.1 Å². The summed E-state index contributed by atoms with van der Waals surface area (Å²) in [7, 11) is 0. The smallest absolute Gasteiger partial charge is 0.255 e. The largest absolute Gasteiger partial charge is 0.365 e. The van der Waals surface area contributed by atoms with Crippen LogP contribution in [0.2, 0.25) is 5.02 Å². The molecule has 1 fully saturated rings. The number of amides is 2. The number of aromatic amines is 1. The van der Waals surface area contributed by atoms with Crippen molar-refractivity contribution in [2.24, 2.45) is 0 Å². The van der Waals surface area contributed by atoms with E-state index in [2.05, 4.69) is 41.8 Å². The minimum atomic E-state index is -0.768. The molecule has 0 spiro atoms. The number of ether oxygens (including phenoxy) is 1. The molecule has 4 aromatic rings. The number of hydrogen-bond donors (Lipinski definition) is 4. The predicted molar refractivity (Wildman–Crippen MR) is 148 cm³/mol. The monoisotopic (exact) mass is 581 g/mol. The van der Waals surface area contributed by atoms with E-state index in [0.29, 0.717) is 58.5 Å². The molecular formula is C27H25BrClN5O3. The van der Waals surface area contributed by atoms with Crippen molar-refractivity contribution < 1.29 is 14.3 Å². The molecule has 0 saturated carbocycles. The van der Waals surface area contributed by atoms with Crippen molar-refractivity contribution in [3.63, 3.8) is 0 Å². The molecule has 2 heterocycles. The Morgan fingerprint density at radius 3 is 2.70 bits per heavy atom. The van der Waals surface area contributed by atoms with Crippen molar-refractivity contribution >= 4 is 67.7 Å². The fraction of sp³-hybridized carbons (Fsp3) is 0.222. The molecule has 1 aromatic heterocycles. The van der Waals surface area contributed by atoms with Crippen LogP contribution in [-0.4, -0.2) is 34.0 Å². The van der Waals surface area contributed by atoms with Crippen LogP contribution in [0.1, 0.15) is 35.7 Å². The molecule has 190 valence electrons. The van der Waals surface area contributed by atoms with Gasteiger partial charge < -0.3 is 25.7 Å². The number of fused-ring (bicyclic) bond motifs is 1. The molecule has 4 N–H and O–H groups in total. The molecule has 1 aliphatic rings. The van der Waals surface area contributed by atoms with Crippen molar-refractivity contribution in [2.45, 2.75) is 31.9 Å². The Morgan fingerprint density at radius 2 is 1.95 bits per heavy atom. The molecule has 5 rings (SSSR count). The topological polar surface area (TPSA) is 108 Å². The van der Waals surface area contributed by atoms with Gasteiger partial charge in [0.1, 0.15) is 5.60 Å². The summed E-state index contributed by atoms with van der Waals surface area (Å²) in [5, 5.41) is 9.55. The Hall–Kier alpha value is -3.40. The number of aromatic nitrogens is 2. The van der Waals surface area contributed by atoms with Crippen molar-refractivity contribution in [3.05, 3.63) is 81.3 Å². The Balaban J connectivity index is 1.27. The number of anilines is 3. The predicted octanol–water partition coefficient (Wildman–Crippen LogP) is 6.16. The van der Waals surface area contributed by atoms with Gasteiger partial charge >= 0.3 is 0 Å². The van der Waals surface area contributed by atoms with Crippen LogP contribution in [0.5, 0.6) is 0 Å². The van der Waals surface area contributed by atoms with E-state index < -0.39 is 5.60 Å². The highest BCUT2D eigenvalue weighted by molar-refractivity contribution is 9.10. The van der Waals surface area contributed by atoms with Gasteiger partial charge in [-0.05, 0) is 79.9 Å². The summed E-state index contributed by atoms with van der Waals surface area (Å²) < 4.78 is 6.55. The van der Waals surface area contributed by atoms with E-state index in [1.165, 1.54) is 0 Å². The number of hydrogen-bond acceptors (Lipinski definition) is 5.